The summed E-state index contributed by atoms with van der Waals surface area (Å²) in [6.07, 6.45) is 19.3. The number of carbonyl (C=O) groups is 1. The van der Waals surface area contributed by atoms with Crippen LogP contribution in [0, 0.1) is 0 Å². The third-order valence-corrected chi connectivity index (χ3v) is 2.71. The van der Waals surface area contributed by atoms with Crippen LogP contribution >= 0.6 is 0 Å². The zero-order valence-corrected chi connectivity index (χ0v) is 10.5. The summed E-state index contributed by atoms with van der Waals surface area (Å²) in [6, 6.07) is 0. The van der Waals surface area contributed by atoms with Crippen molar-refractivity contribution < 1.29 is 4.79 Å². The lowest BCUT2D eigenvalue weighted by Crippen LogP contribution is -1.82. The van der Waals surface area contributed by atoms with E-state index in [2.05, 4.69) is 12.7 Å². The second kappa shape index (κ2) is 14.2. The van der Waals surface area contributed by atoms with E-state index in [1.807, 2.05) is 12.2 Å². The van der Waals surface area contributed by atoms with Crippen LogP contribution in [0.4, 0.5) is 0 Å². The van der Waals surface area contributed by atoms with Crippen molar-refractivity contribution in [1.29, 1.82) is 0 Å². The molecule has 0 N–H and O–H groups in total. The first-order valence-electron chi connectivity index (χ1n) is 6.63. The Balaban J connectivity index is 2.95. The topological polar surface area (TPSA) is 17.1 Å². The van der Waals surface area contributed by atoms with Gasteiger partial charge in [-0.15, -0.1) is 0 Å². The van der Waals surface area contributed by atoms with Gasteiger partial charge in [-0.05, 0) is 19.3 Å². The van der Waals surface area contributed by atoms with Crippen LogP contribution in [0.3, 0.4) is 0 Å². The SMILES string of the molecule is C=C/C=C/CCCCCCCCCCC=O. The van der Waals surface area contributed by atoms with E-state index in [4.69, 9.17) is 0 Å². The maximum atomic E-state index is 10.1. The summed E-state index contributed by atoms with van der Waals surface area (Å²) >= 11 is 0. The Kier molecular flexibility index (Phi) is 13.4. The minimum Gasteiger partial charge on any atom is -0.303 e. The number of unbranched alkanes of at least 4 members (excludes halogenated alkanes) is 9. The van der Waals surface area contributed by atoms with Gasteiger partial charge in [-0.1, -0.05) is 63.3 Å². The fourth-order valence-corrected chi connectivity index (χ4v) is 1.74. The van der Waals surface area contributed by atoms with Crippen LogP contribution in [-0.4, -0.2) is 6.29 Å². The Hall–Kier alpha value is -0.850. The molecule has 1 heteroatoms. The molecule has 16 heavy (non-hydrogen) atoms. The van der Waals surface area contributed by atoms with E-state index in [-0.39, 0.29) is 0 Å². The van der Waals surface area contributed by atoms with Gasteiger partial charge in [0.15, 0.2) is 0 Å². The molecule has 1 nitrogen and oxygen atoms in total. The highest BCUT2D eigenvalue weighted by Crippen LogP contribution is 2.10. The zero-order chi connectivity index (χ0) is 11.9. The van der Waals surface area contributed by atoms with Gasteiger partial charge in [-0.2, -0.15) is 0 Å². The lowest BCUT2D eigenvalue weighted by Gasteiger charge is -2.00. The Morgan fingerprint density at radius 3 is 1.75 bits per heavy atom. The zero-order valence-electron chi connectivity index (χ0n) is 10.5. The molecule has 0 saturated carbocycles. The molecule has 0 unspecified atom stereocenters. The number of rotatable bonds is 12. The summed E-state index contributed by atoms with van der Waals surface area (Å²) in [5.41, 5.74) is 0. The highest BCUT2D eigenvalue weighted by Gasteiger charge is 1.91. The lowest BCUT2D eigenvalue weighted by molar-refractivity contribution is -0.107. The van der Waals surface area contributed by atoms with E-state index < -0.39 is 0 Å². The van der Waals surface area contributed by atoms with Gasteiger partial charge < -0.3 is 4.79 Å². The third-order valence-electron chi connectivity index (χ3n) is 2.71. The van der Waals surface area contributed by atoms with E-state index in [0.717, 1.165) is 19.1 Å². The molecule has 0 atom stereocenters. The molecule has 0 aliphatic carbocycles. The molecule has 0 aliphatic rings. The molecule has 0 aromatic heterocycles. The molecular formula is C15H26O. The van der Waals surface area contributed by atoms with E-state index in [0.29, 0.717) is 0 Å². The quantitative estimate of drug-likeness (QED) is 0.262. The fourth-order valence-electron chi connectivity index (χ4n) is 1.74. The first-order chi connectivity index (χ1) is 7.91. The summed E-state index contributed by atoms with van der Waals surface area (Å²) < 4.78 is 0. The van der Waals surface area contributed by atoms with Gasteiger partial charge in [0, 0.05) is 6.42 Å². The van der Waals surface area contributed by atoms with Crippen LogP contribution in [0.1, 0.15) is 64.2 Å². The van der Waals surface area contributed by atoms with Crippen molar-refractivity contribution in [3.63, 3.8) is 0 Å². The van der Waals surface area contributed by atoms with Gasteiger partial charge in [0.05, 0.1) is 0 Å². The van der Waals surface area contributed by atoms with Gasteiger partial charge in [0.1, 0.15) is 6.29 Å². The summed E-state index contributed by atoms with van der Waals surface area (Å²) in [5.74, 6) is 0. The van der Waals surface area contributed by atoms with Crippen molar-refractivity contribution in [3.8, 4) is 0 Å². The van der Waals surface area contributed by atoms with Crippen molar-refractivity contribution in [3.05, 3.63) is 24.8 Å². The average molecular weight is 222 g/mol. The molecule has 0 bridgehead atoms. The minimum absolute atomic E-state index is 0.746. The van der Waals surface area contributed by atoms with Crippen molar-refractivity contribution in [1.82, 2.24) is 0 Å². The Labute approximate surface area is 101 Å². The molecule has 0 amide bonds. The Morgan fingerprint density at radius 1 is 0.750 bits per heavy atom. The second-order valence-corrected chi connectivity index (χ2v) is 4.24. The van der Waals surface area contributed by atoms with Gasteiger partial charge in [-0.25, -0.2) is 0 Å². The third kappa shape index (κ3) is 13.2. The molecular weight excluding hydrogens is 196 g/mol. The maximum Gasteiger partial charge on any atom is 0.119 e. The molecule has 0 aliphatic heterocycles. The summed E-state index contributed by atoms with van der Waals surface area (Å²) in [6.45, 7) is 3.64. The smallest absolute Gasteiger partial charge is 0.119 e. The van der Waals surface area contributed by atoms with Crippen LogP contribution in [0.5, 0.6) is 0 Å². The Morgan fingerprint density at radius 2 is 1.25 bits per heavy atom. The van der Waals surface area contributed by atoms with Gasteiger partial charge in [-0.3, -0.25) is 0 Å². The first kappa shape index (κ1) is 15.2. The molecule has 0 radical (unpaired) electrons. The molecule has 0 aromatic rings. The van der Waals surface area contributed by atoms with Crippen molar-refractivity contribution in [2.45, 2.75) is 64.2 Å². The molecule has 0 rings (SSSR count). The van der Waals surface area contributed by atoms with E-state index in [9.17, 15) is 4.79 Å². The monoisotopic (exact) mass is 222 g/mol. The molecule has 0 aromatic carbocycles. The normalized spacial score (nSPS) is 10.8. The van der Waals surface area contributed by atoms with Crippen LogP contribution in [0.2, 0.25) is 0 Å². The van der Waals surface area contributed by atoms with Crippen molar-refractivity contribution in [2.24, 2.45) is 0 Å². The summed E-state index contributed by atoms with van der Waals surface area (Å²) in [5, 5.41) is 0. The molecule has 0 saturated heterocycles. The first-order valence-corrected chi connectivity index (χ1v) is 6.63. The fraction of sp³-hybridized carbons (Fsp3) is 0.667. The minimum atomic E-state index is 0.746. The predicted octanol–water partition coefficient (Wildman–Crippen LogP) is 4.83. The van der Waals surface area contributed by atoms with E-state index in [1.54, 1.807) is 0 Å². The lowest BCUT2D eigenvalue weighted by atomic mass is 10.1. The van der Waals surface area contributed by atoms with Gasteiger partial charge in [0.2, 0.25) is 0 Å². The molecule has 0 heterocycles. The van der Waals surface area contributed by atoms with E-state index >= 15 is 0 Å². The van der Waals surface area contributed by atoms with Gasteiger partial charge in [0.25, 0.3) is 0 Å². The van der Waals surface area contributed by atoms with Crippen LogP contribution < -0.4 is 0 Å². The maximum absolute atomic E-state index is 10.1. The highest BCUT2D eigenvalue weighted by molar-refractivity contribution is 5.48. The number of allylic oxidation sites excluding steroid dienone is 3. The van der Waals surface area contributed by atoms with Gasteiger partial charge >= 0.3 is 0 Å². The molecule has 92 valence electrons. The largest absolute Gasteiger partial charge is 0.303 e. The predicted molar refractivity (Wildman–Crippen MR) is 71.6 cm³/mol. The highest BCUT2D eigenvalue weighted by atomic mass is 16.1. The van der Waals surface area contributed by atoms with Crippen molar-refractivity contribution in [2.75, 3.05) is 0 Å². The standard InChI is InChI=1S/C15H26O/c1-2-3-4-5-6-7-8-9-10-11-12-13-14-15-16/h2-4,15H,1,5-14H2/b4-3+. The van der Waals surface area contributed by atoms with Crippen molar-refractivity contribution >= 4 is 6.29 Å². The number of aldehydes is 1. The van der Waals surface area contributed by atoms with Crippen LogP contribution in [-0.2, 0) is 4.79 Å². The molecule has 0 fully saturated rings. The number of hydrogen-bond acceptors (Lipinski definition) is 1. The number of hydrogen-bond donors (Lipinski definition) is 0. The summed E-state index contributed by atoms with van der Waals surface area (Å²) in [7, 11) is 0. The van der Waals surface area contributed by atoms with E-state index in [1.165, 1.54) is 51.4 Å². The summed E-state index contributed by atoms with van der Waals surface area (Å²) in [4.78, 5) is 10.1. The second-order valence-electron chi connectivity index (χ2n) is 4.24. The average Bonchev–Trinajstić information content (AvgIpc) is 2.31. The van der Waals surface area contributed by atoms with Crippen LogP contribution in [0.15, 0.2) is 24.8 Å². The molecule has 0 spiro atoms. The van der Waals surface area contributed by atoms with Crippen LogP contribution in [0.25, 0.3) is 0 Å². The Bertz CT molecular complexity index is 182. The number of carbonyl (C=O) groups excluding carboxylic acids is 1.